The minimum Gasteiger partial charge on any atom is -0.339 e. The summed E-state index contributed by atoms with van der Waals surface area (Å²) in [5.41, 5.74) is 0. The molecular formula is C12H21ClN2O2. The van der Waals surface area contributed by atoms with E-state index in [9.17, 15) is 9.59 Å². The zero-order valence-electron chi connectivity index (χ0n) is 10.5. The minimum atomic E-state index is -0.417. The number of carbonyl (C=O) groups is 2. The number of amides is 2. The van der Waals surface area contributed by atoms with Crippen molar-refractivity contribution in [3.05, 3.63) is 0 Å². The van der Waals surface area contributed by atoms with Crippen molar-refractivity contribution in [2.24, 2.45) is 0 Å². The average molecular weight is 261 g/mol. The van der Waals surface area contributed by atoms with E-state index in [0.717, 1.165) is 12.8 Å². The van der Waals surface area contributed by atoms with E-state index in [0.29, 0.717) is 32.6 Å². The van der Waals surface area contributed by atoms with E-state index in [1.807, 2.05) is 4.90 Å². The van der Waals surface area contributed by atoms with Crippen molar-refractivity contribution in [3.8, 4) is 0 Å². The Hall–Kier alpha value is -0.770. The molecule has 0 bridgehead atoms. The molecule has 0 unspecified atom stereocenters. The molecule has 0 atom stereocenters. The first-order valence-corrected chi connectivity index (χ1v) is 6.75. The SMILES string of the molecule is CCCCCCC(=O)N1CCN(C(=O)Cl)CC1. The molecule has 2 amide bonds. The monoisotopic (exact) mass is 260 g/mol. The van der Waals surface area contributed by atoms with Crippen LogP contribution in [0.4, 0.5) is 4.79 Å². The first-order valence-electron chi connectivity index (χ1n) is 6.37. The Labute approximate surface area is 108 Å². The second kappa shape index (κ2) is 7.54. The molecule has 0 saturated carbocycles. The number of rotatable bonds is 5. The first-order chi connectivity index (χ1) is 8.15. The number of piperazine rings is 1. The number of hydrogen-bond acceptors (Lipinski definition) is 2. The Balaban J connectivity index is 2.19. The van der Waals surface area contributed by atoms with Gasteiger partial charge in [-0.3, -0.25) is 9.59 Å². The summed E-state index contributed by atoms with van der Waals surface area (Å²) < 4.78 is 0. The molecule has 0 N–H and O–H groups in total. The second-order valence-electron chi connectivity index (χ2n) is 4.43. The fourth-order valence-electron chi connectivity index (χ4n) is 1.99. The molecule has 0 aromatic carbocycles. The highest BCUT2D eigenvalue weighted by molar-refractivity contribution is 6.62. The van der Waals surface area contributed by atoms with Crippen LogP contribution in [-0.2, 0) is 4.79 Å². The van der Waals surface area contributed by atoms with Crippen LogP contribution >= 0.6 is 11.6 Å². The zero-order chi connectivity index (χ0) is 12.7. The van der Waals surface area contributed by atoms with Gasteiger partial charge in [0.05, 0.1) is 0 Å². The largest absolute Gasteiger partial charge is 0.339 e. The van der Waals surface area contributed by atoms with Gasteiger partial charge in [0.25, 0.3) is 0 Å². The van der Waals surface area contributed by atoms with E-state index in [-0.39, 0.29) is 5.91 Å². The van der Waals surface area contributed by atoms with Crippen molar-refractivity contribution in [3.63, 3.8) is 0 Å². The third kappa shape index (κ3) is 4.94. The summed E-state index contributed by atoms with van der Waals surface area (Å²) in [5.74, 6) is 0.211. The van der Waals surface area contributed by atoms with Crippen molar-refractivity contribution in [2.75, 3.05) is 26.2 Å². The number of nitrogens with zero attached hydrogens (tertiary/aromatic N) is 2. The van der Waals surface area contributed by atoms with Gasteiger partial charge < -0.3 is 9.80 Å². The molecule has 5 heteroatoms. The maximum atomic E-state index is 11.8. The predicted octanol–water partition coefficient (Wildman–Crippen LogP) is 2.46. The Bertz CT molecular complexity index is 263. The molecule has 1 aliphatic heterocycles. The molecule has 1 heterocycles. The molecule has 1 fully saturated rings. The normalized spacial score (nSPS) is 16.1. The summed E-state index contributed by atoms with van der Waals surface area (Å²) in [7, 11) is 0. The molecule has 0 aromatic rings. The third-order valence-corrected chi connectivity index (χ3v) is 3.36. The van der Waals surface area contributed by atoms with Crippen LogP contribution in [0.1, 0.15) is 39.0 Å². The lowest BCUT2D eigenvalue weighted by molar-refractivity contribution is -0.132. The number of halogens is 1. The molecule has 0 aromatic heterocycles. The van der Waals surface area contributed by atoms with Gasteiger partial charge in [0.2, 0.25) is 5.91 Å². The molecule has 0 aliphatic carbocycles. The summed E-state index contributed by atoms with van der Waals surface area (Å²) in [6, 6.07) is 0. The minimum absolute atomic E-state index is 0.211. The summed E-state index contributed by atoms with van der Waals surface area (Å²) in [6.45, 7) is 4.51. The number of hydrogen-bond donors (Lipinski definition) is 0. The summed E-state index contributed by atoms with van der Waals surface area (Å²) >= 11 is 5.39. The van der Waals surface area contributed by atoms with Gasteiger partial charge in [0.1, 0.15) is 0 Å². The lowest BCUT2D eigenvalue weighted by Crippen LogP contribution is -2.49. The third-order valence-electron chi connectivity index (χ3n) is 3.13. The van der Waals surface area contributed by atoms with Crippen molar-refractivity contribution in [1.29, 1.82) is 0 Å². The van der Waals surface area contributed by atoms with Crippen LogP contribution in [0.2, 0.25) is 0 Å². The Morgan fingerprint density at radius 2 is 1.59 bits per heavy atom. The molecule has 0 radical (unpaired) electrons. The van der Waals surface area contributed by atoms with Gasteiger partial charge in [0, 0.05) is 32.6 Å². The van der Waals surface area contributed by atoms with Crippen molar-refractivity contribution >= 4 is 22.9 Å². The van der Waals surface area contributed by atoms with Gasteiger partial charge in [-0.25, -0.2) is 0 Å². The van der Waals surface area contributed by atoms with Gasteiger partial charge in [0.15, 0.2) is 0 Å². The van der Waals surface area contributed by atoms with E-state index in [4.69, 9.17) is 11.6 Å². The summed E-state index contributed by atoms with van der Waals surface area (Å²) in [4.78, 5) is 26.1. The molecule has 1 rings (SSSR count). The fraction of sp³-hybridized carbons (Fsp3) is 0.833. The lowest BCUT2D eigenvalue weighted by Gasteiger charge is -2.33. The molecule has 1 aliphatic rings. The van der Waals surface area contributed by atoms with E-state index in [1.54, 1.807) is 4.90 Å². The van der Waals surface area contributed by atoms with Gasteiger partial charge in [-0.2, -0.15) is 0 Å². The topological polar surface area (TPSA) is 40.6 Å². The van der Waals surface area contributed by atoms with Crippen LogP contribution in [0.3, 0.4) is 0 Å². The van der Waals surface area contributed by atoms with Crippen LogP contribution in [-0.4, -0.2) is 47.3 Å². The molecule has 0 spiro atoms. The molecule has 1 saturated heterocycles. The maximum absolute atomic E-state index is 11.8. The van der Waals surface area contributed by atoms with Gasteiger partial charge in [-0.15, -0.1) is 0 Å². The van der Waals surface area contributed by atoms with Crippen LogP contribution in [0.25, 0.3) is 0 Å². The lowest BCUT2D eigenvalue weighted by atomic mass is 10.1. The van der Waals surface area contributed by atoms with E-state index < -0.39 is 5.37 Å². The van der Waals surface area contributed by atoms with Gasteiger partial charge >= 0.3 is 5.37 Å². The highest BCUT2D eigenvalue weighted by atomic mass is 35.5. The highest BCUT2D eigenvalue weighted by Gasteiger charge is 2.22. The number of unbranched alkanes of at least 4 members (excludes halogenated alkanes) is 3. The summed E-state index contributed by atoms with van der Waals surface area (Å²) in [5, 5.41) is -0.417. The first kappa shape index (κ1) is 14.3. The standard InChI is InChI=1S/C12H21ClN2O2/c1-2-3-4-5-6-11(16)14-7-9-15(10-8-14)12(13)17/h2-10H2,1H3. The maximum Gasteiger partial charge on any atom is 0.316 e. The summed E-state index contributed by atoms with van der Waals surface area (Å²) in [6.07, 6.45) is 5.12. The fourth-order valence-corrected chi connectivity index (χ4v) is 2.16. The van der Waals surface area contributed by atoms with Gasteiger partial charge in [-0.05, 0) is 18.0 Å². The van der Waals surface area contributed by atoms with Crippen LogP contribution in [0, 0.1) is 0 Å². The Morgan fingerprint density at radius 3 is 2.12 bits per heavy atom. The van der Waals surface area contributed by atoms with Crippen LogP contribution in [0.5, 0.6) is 0 Å². The average Bonchev–Trinajstić information content (AvgIpc) is 2.34. The van der Waals surface area contributed by atoms with Gasteiger partial charge in [-0.1, -0.05) is 26.2 Å². The number of carbonyl (C=O) groups excluding carboxylic acids is 2. The zero-order valence-corrected chi connectivity index (χ0v) is 11.2. The quantitative estimate of drug-likeness (QED) is 0.433. The van der Waals surface area contributed by atoms with E-state index >= 15 is 0 Å². The van der Waals surface area contributed by atoms with Crippen LogP contribution in [0.15, 0.2) is 0 Å². The molecule has 4 nitrogen and oxygen atoms in total. The van der Waals surface area contributed by atoms with Crippen molar-refractivity contribution in [2.45, 2.75) is 39.0 Å². The van der Waals surface area contributed by atoms with Crippen LogP contribution < -0.4 is 0 Å². The molecule has 17 heavy (non-hydrogen) atoms. The van der Waals surface area contributed by atoms with E-state index in [2.05, 4.69) is 6.92 Å². The Kier molecular flexibility index (Phi) is 6.34. The second-order valence-corrected chi connectivity index (χ2v) is 4.75. The van der Waals surface area contributed by atoms with Crippen molar-refractivity contribution < 1.29 is 9.59 Å². The predicted molar refractivity (Wildman–Crippen MR) is 68.2 cm³/mol. The van der Waals surface area contributed by atoms with E-state index in [1.165, 1.54) is 12.8 Å². The van der Waals surface area contributed by atoms with Crippen molar-refractivity contribution in [1.82, 2.24) is 9.80 Å². The molecule has 98 valence electrons. The highest BCUT2D eigenvalue weighted by Crippen LogP contribution is 2.09. The molecular weight excluding hydrogens is 240 g/mol. The Morgan fingerprint density at radius 1 is 1.00 bits per heavy atom. The smallest absolute Gasteiger partial charge is 0.316 e.